The molecule has 0 radical (unpaired) electrons. The summed E-state index contributed by atoms with van der Waals surface area (Å²) in [5, 5.41) is 4.23. The Hall–Kier alpha value is -0.830. The van der Waals surface area contributed by atoms with Crippen LogP contribution in [0.2, 0.25) is 0 Å². The summed E-state index contributed by atoms with van der Waals surface area (Å²) in [7, 11) is 1.95. The molecule has 0 saturated heterocycles. The van der Waals surface area contributed by atoms with Crippen LogP contribution in [0.1, 0.15) is 38.7 Å². The van der Waals surface area contributed by atoms with Crippen LogP contribution in [0.4, 0.5) is 0 Å². The molecule has 15 heavy (non-hydrogen) atoms. The molecule has 3 heteroatoms. The molecule has 1 saturated carbocycles. The van der Waals surface area contributed by atoms with E-state index in [1.807, 2.05) is 17.9 Å². The lowest BCUT2D eigenvalue weighted by Gasteiger charge is -2.42. The molecule has 1 fully saturated rings. The summed E-state index contributed by atoms with van der Waals surface area (Å²) in [5.41, 5.74) is 7.61. The van der Waals surface area contributed by atoms with Crippen LogP contribution in [-0.2, 0) is 12.6 Å². The van der Waals surface area contributed by atoms with Gasteiger partial charge in [-0.25, -0.2) is 0 Å². The Kier molecular flexibility index (Phi) is 2.59. The van der Waals surface area contributed by atoms with Crippen molar-refractivity contribution in [1.29, 1.82) is 0 Å². The molecule has 3 atom stereocenters. The van der Waals surface area contributed by atoms with E-state index in [1.165, 1.54) is 18.4 Å². The second-order valence-corrected chi connectivity index (χ2v) is 5.10. The SMILES string of the molecule is CC1CCCC(N)(c2cnn(C)c2)C1C. The maximum absolute atomic E-state index is 6.57. The summed E-state index contributed by atoms with van der Waals surface area (Å²) in [6, 6.07) is 0. The summed E-state index contributed by atoms with van der Waals surface area (Å²) >= 11 is 0. The Bertz CT molecular complexity index is 344. The Labute approximate surface area is 91.7 Å². The van der Waals surface area contributed by atoms with Gasteiger partial charge in [-0.3, -0.25) is 4.68 Å². The first-order valence-electron chi connectivity index (χ1n) is 5.82. The van der Waals surface area contributed by atoms with E-state index < -0.39 is 0 Å². The molecule has 3 nitrogen and oxygen atoms in total. The van der Waals surface area contributed by atoms with E-state index in [0.29, 0.717) is 11.8 Å². The highest BCUT2D eigenvalue weighted by Gasteiger charge is 2.40. The average Bonchev–Trinajstić information content (AvgIpc) is 2.62. The van der Waals surface area contributed by atoms with Crippen molar-refractivity contribution < 1.29 is 0 Å². The van der Waals surface area contributed by atoms with E-state index in [-0.39, 0.29) is 5.54 Å². The zero-order valence-electron chi connectivity index (χ0n) is 9.90. The molecule has 2 N–H and O–H groups in total. The second-order valence-electron chi connectivity index (χ2n) is 5.10. The molecule has 1 aliphatic rings. The molecule has 84 valence electrons. The lowest BCUT2D eigenvalue weighted by Crippen LogP contribution is -2.47. The predicted molar refractivity (Wildman–Crippen MR) is 61.3 cm³/mol. The lowest BCUT2D eigenvalue weighted by atomic mass is 9.66. The first-order chi connectivity index (χ1) is 7.04. The molecule has 0 bridgehead atoms. The maximum Gasteiger partial charge on any atom is 0.0540 e. The van der Waals surface area contributed by atoms with E-state index in [4.69, 9.17) is 5.73 Å². The van der Waals surface area contributed by atoms with Crippen LogP contribution in [0, 0.1) is 11.8 Å². The number of aromatic nitrogens is 2. The minimum absolute atomic E-state index is 0.161. The summed E-state index contributed by atoms with van der Waals surface area (Å²) in [5.74, 6) is 1.25. The van der Waals surface area contributed by atoms with Gasteiger partial charge in [-0.1, -0.05) is 26.7 Å². The first-order valence-corrected chi connectivity index (χ1v) is 5.82. The van der Waals surface area contributed by atoms with Crippen molar-refractivity contribution in [2.45, 2.75) is 38.6 Å². The average molecular weight is 207 g/mol. The Morgan fingerprint density at radius 1 is 1.53 bits per heavy atom. The summed E-state index contributed by atoms with van der Waals surface area (Å²) < 4.78 is 1.84. The maximum atomic E-state index is 6.57. The lowest BCUT2D eigenvalue weighted by molar-refractivity contribution is 0.143. The zero-order chi connectivity index (χ0) is 11.1. The van der Waals surface area contributed by atoms with Crippen molar-refractivity contribution >= 4 is 0 Å². The van der Waals surface area contributed by atoms with Crippen molar-refractivity contribution in [2.75, 3.05) is 0 Å². The standard InChI is InChI=1S/C12H21N3/c1-9-5-4-6-12(13,10(9)2)11-7-14-15(3)8-11/h7-10H,4-6,13H2,1-3H3. The monoisotopic (exact) mass is 207 g/mol. The van der Waals surface area contributed by atoms with Crippen LogP contribution >= 0.6 is 0 Å². The minimum Gasteiger partial charge on any atom is -0.321 e. The van der Waals surface area contributed by atoms with Crippen molar-refractivity contribution in [2.24, 2.45) is 24.6 Å². The fraction of sp³-hybridized carbons (Fsp3) is 0.750. The molecular weight excluding hydrogens is 186 g/mol. The molecule has 1 aromatic heterocycles. The summed E-state index contributed by atoms with van der Waals surface area (Å²) in [6.45, 7) is 4.58. The fourth-order valence-corrected chi connectivity index (χ4v) is 2.77. The van der Waals surface area contributed by atoms with E-state index in [1.54, 1.807) is 0 Å². The third-order valence-corrected chi connectivity index (χ3v) is 4.16. The molecule has 0 amide bonds. The quantitative estimate of drug-likeness (QED) is 0.765. The van der Waals surface area contributed by atoms with Gasteiger partial charge >= 0.3 is 0 Å². The van der Waals surface area contributed by atoms with Gasteiger partial charge < -0.3 is 5.73 Å². The van der Waals surface area contributed by atoms with E-state index in [2.05, 4.69) is 25.1 Å². The smallest absolute Gasteiger partial charge is 0.0540 e. The van der Waals surface area contributed by atoms with E-state index in [9.17, 15) is 0 Å². The number of rotatable bonds is 1. The highest BCUT2D eigenvalue weighted by atomic mass is 15.2. The molecule has 2 rings (SSSR count). The number of nitrogens with two attached hydrogens (primary N) is 1. The summed E-state index contributed by atoms with van der Waals surface area (Å²) in [6.07, 6.45) is 7.62. The highest BCUT2D eigenvalue weighted by Crippen LogP contribution is 2.42. The van der Waals surface area contributed by atoms with Crippen LogP contribution in [0.25, 0.3) is 0 Å². The largest absolute Gasteiger partial charge is 0.321 e. The first kappa shape index (κ1) is 10.7. The molecule has 0 spiro atoms. The molecular formula is C12H21N3. The van der Waals surface area contributed by atoms with Crippen LogP contribution in [0.3, 0.4) is 0 Å². The molecule has 3 unspecified atom stereocenters. The normalized spacial score (nSPS) is 36.8. The molecule has 1 heterocycles. The van der Waals surface area contributed by atoms with Gasteiger partial charge in [0.1, 0.15) is 0 Å². The van der Waals surface area contributed by atoms with Gasteiger partial charge in [0.15, 0.2) is 0 Å². The van der Waals surface area contributed by atoms with E-state index in [0.717, 1.165) is 6.42 Å². The van der Waals surface area contributed by atoms with Gasteiger partial charge in [0.2, 0.25) is 0 Å². The molecule has 1 aromatic rings. The van der Waals surface area contributed by atoms with Gasteiger partial charge in [-0.15, -0.1) is 0 Å². The summed E-state index contributed by atoms with van der Waals surface area (Å²) in [4.78, 5) is 0. The third-order valence-electron chi connectivity index (χ3n) is 4.16. The number of aryl methyl sites for hydroxylation is 1. The number of hydrogen-bond donors (Lipinski definition) is 1. The number of nitrogens with zero attached hydrogens (tertiary/aromatic N) is 2. The van der Waals surface area contributed by atoms with Crippen LogP contribution in [0.15, 0.2) is 12.4 Å². The third kappa shape index (κ3) is 1.69. The fourth-order valence-electron chi connectivity index (χ4n) is 2.77. The van der Waals surface area contributed by atoms with Gasteiger partial charge in [0.05, 0.1) is 6.20 Å². The van der Waals surface area contributed by atoms with Crippen molar-refractivity contribution in [3.63, 3.8) is 0 Å². The zero-order valence-corrected chi connectivity index (χ0v) is 9.90. The van der Waals surface area contributed by atoms with E-state index >= 15 is 0 Å². The second kappa shape index (κ2) is 3.63. The van der Waals surface area contributed by atoms with Gasteiger partial charge in [0.25, 0.3) is 0 Å². The van der Waals surface area contributed by atoms with Crippen LogP contribution in [-0.4, -0.2) is 9.78 Å². The van der Waals surface area contributed by atoms with Crippen molar-refractivity contribution in [1.82, 2.24) is 9.78 Å². The predicted octanol–water partition coefficient (Wildman–Crippen LogP) is 2.03. The van der Waals surface area contributed by atoms with Crippen molar-refractivity contribution in [3.8, 4) is 0 Å². The van der Waals surface area contributed by atoms with Gasteiger partial charge in [-0.2, -0.15) is 5.10 Å². The topological polar surface area (TPSA) is 43.8 Å². The Balaban J connectivity index is 2.32. The Morgan fingerprint density at radius 2 is 2.27 bits per heavy atom. The molecule has 0 aliphatic heterocycles. The molecule has 0 aromatic carbocycles. The molecule has 1 aliphatic carbocycles. The number of hydrogen-bond acceptors (Lipinski definition) is 2. The minimum atomic E-state index is -0.161. The highest BCUT2D eigenvalue weighted by molar-refractivity contribution is 5.20. The Morgan fingerprint density at radius 3 is 2.87 bits per heavy atom. The van der Waals surface area contributed by atoms with Gasteiger partial charge in [0, 0.05) is 24.3 Å². The van der Waals surface area contributed by atoms with Crippen LogP contribution < -0.4 is 5.73 Å². The van der Waals surface area contributed by atoms with Crippen molar-refractivity contribution in [3.05, 3.63) is 18.0 Å². The van der Waals surface area contributed by atoms with Gasteiger partial charge in [-0.05, 0) is 18.3 Å². The van der Waals surface area contributed by atoms with Crippen LogP contribution in [0.5, 0.6) is 0 Å².